The number of nitrogens with two attached hydrogens (primary N) is 1. The summed E-state index contributed by atoms with van der Waals surface area (Å²) < 4.78 is 10.7. The maximum atomic E-state index is 11.1. The van der Waals surface area contributed by atoms with Gasteiger partial charge in [0, 0.05) is 11.8 Å². The smallest absolute Gasteiger partial charge is 0.339 e. The van der Waals surface area contributed by atoms with Gasteiger partial charge in [0.05, 0.1) is 7.11 Å². The molecule has 2 aromatic carbocycles. The van der Waals surface area contributed by atoms with Crippen molar-refractivity contribution in [3.8, 4) is 17.2 Å². The Hall–Kier alpha value is -2.69. The van der Waals surface area contributed by atoms with Gasteiger partial charge in [-0.15, -0.1) is 0 Å². The fraction of sp³-hybridized carbons (Fsp3) is 0.0714. The summed E-state index contributed by atoms with van der Waals surface area (Å²) in [5.74, 6) is 0.0428. The standard InChI is InChI=1S/C14H13NO4/c1-18-11-4-2-3-5-12(11)19-13-8-9(15)6-7-10(13)14(16)17/h2-8H,15H2,1H3,(H,16,17). The van der Waals surface area contributed by atoms with Gasteiger partial charge in [-0.25, -0.2) is 4.79 Å². The Labute approximate surface area is 110 Å². The summed E-state index contributed by atoms with van der Waals surface area (Å²) in [5, 5.41) is 9.11. The van der Waals surface area contributed by atoms with Crippen LogP contribution in [0.15, 0.2) is 42.5 Å². The Kier molecular flexibility index (Phi) is 3.56. The third-order valence-corrected chi connectivity index (χ3v) is 2.53. The summed E-state index contributed by atoms with van der Waals surface area (Å²) in [6.07, 6.45) is 0. The summed E-state index contributed by atoms with van der Waals surface area (Å²) in [4.78, 5) is 11.1. The number of methoxy groups -OCH3 is 1. The van der Waals surface area contributed by atoms with Crippen LogP contribution >= 0.6 is 0 Å². The lowest BCUT2D eigenvalue weighted by atomic mass is 10.2. The predicted molar refractivity (Wildman–Crippen MR) is 70.9 cm³/mol. The molecule has 0 saturated heterocycles. The second kappa shape index (κ2) is 5.30. The molecule has 0 amide bonds. The molecule has 0 aliphatic rings. The molecule has 2 rings (SSSR count). The number of carboxylic acids is 1. The number of nitrogen functional groups attached to an aromatic ring is 1. The second-order valence-corrected chi connectivity index (χ2v) is 3.81. The molecule has 0 aromatic heterocycles. The van der Waals surface area contributed by atoms with Crippen LogP contribution in [0.25, 0.3) is 0 Å². The number of para-hydroxylation sites is 2. The highest BCUT2D eigenvalue weighted by Crippen LogP contribution is 2.33. The first-order valence-electron chi connectivity index (χ1n) is 5.55. The Morgan fingerprint density at radius 2 is 1.79 bits per heavy atom. The van der Waals surface area contributed by atoms with Crippen LogP contribution in [-0.4, -0.2) is 18.2 Å². The lowest BCUT2D eigenvalue weighted by Gasteiger charge is -2.12. The van der Waals surface area contributed by atoms with Crippen molar-refractivity contribution in [2.45, 2.75) is 0 Å². The average molecular weight is 259 g/mol. The highest BCUT2D eigenvalue weighted by molar-refractivity contribution is 5.91. The van der Waals surface area contributed by atoms with Crippen molar-refractivity contribution in [1.82, 2.24) is 0 Å². The molecule has 0 radical (unpaired) electrons. The maximum Gasteiger partial charge on any atom is 0.339 e. The van der Waals surface area contributed by atoms with Gasteiger partial charge in [0.2, 0.25) is 0 Å². The average Bonchev–Trinajstić information content (AvgIpc) is 2.39. The van der Waals surface area contributed by atoms with Crippen molar-refractivity contribution in [3.63, 3.8) is 0 Å². The summed E-state index contributed by atoms with van der Waals surface area (Å²) in [6.45, 7) is 0. The molecule has 0 aliphatic heterocycles. The van der Waals surface area contributed by atoms with E-state index in [9.17, 15) is 4.79 Å². The first-order chi connectivity index (χ1) is 9.11. The van der Waals surface area contributed by atoms with Crippen LogP contribution in [0, 0.1) is 0 Å². The number of carboxylic acid groups (broad SMARTS) is 1. The fourth-order valence-electron chi connectivity index (χ4n) is 1.62. The van der Waals surface area contributed by atoms with E-state index in [0.717, 1.165) is 0 Å². The highest BCUT2D eigenvalue weighted by Gasteiger charge is 2.14. The van der Waals surface area contributed by atoms with Crippen LogP contribution in [0.4, 0.5) is 5.69 Å². The van der Waals surface area contributed by atoms with Gasteiger partial charge in [0.25, 0.3) is 0 Å². The largest absolute Gasteiger partial charge is 0.493 e. The number of carbonyl (C=O) groups is 1. The summed E-state index contributed by atoms with van der Waals surface area (Å²) in [6, 6.07) is 11.4. The molecule has 19 heavy (non-hydrogen) atoms. The predicted octanol–water partition coefficient (Wildman–Crippen LogP) is 2.77. The minimum absolute atomic E-state index is 0.0418. The van der Waals surface area contributed by atoms with Gasteiger partial charge in [-0.3, -0.25) is 0 Å². The molecule has 0 heterocycles. The number of hydrogen-bond acceptors (Lipinski definition) is 4. The first kappa shape index (κ1) is 12.8. The molecule has 0 unspecified atom stereocenters. The van der Waals surface area contributed by atoms with Crippen LogP contribution < -0.4 is 15.2 Å². The molecule has 98 valence electrons. The van der Waals surface area contributed by atoms with Gasteiger partial charge in [-0.2, -0.15) is 0 Å². The van der Waals surface area contributed by atoms with Crippen LogP contribution in [0.2, 0.25) is 0 Å². The monoisotopic (exact) mass is 259 g/mol. The van der Waals surface area contributed by atoms with Crippen LogP contribution in [0.1, 0.15) is 10.4 Å². The topological polar surface area (TPSA) is 81.8 Å². The zero-order valence-corrected chi connectivity index (χ0v) is 10.3. The van der Waals surface area contributed by atoms with E-state index in [1.807, 2.05) is 0 Å². The molecule has 3 N–H and O–H groups in total. The number of hydrogen-bond donors (Lipinski definition) is 2. The van der Waals surface area contributed by atoms with Crippen molar-refractivity contribution < 1.29 is 19.4 Å². The summed E-state index contributed by atoms with van der Waals surface area (Å²) >= 11 is 0. The lowest BCUT2D eigenvalue weighted by Crippen LogP contribution is -2.01. The zero-order valence-electron chi connectivity index (χ0n) is 10.3. The highest BCUT2D eigenvalue weighted by atomic mass is 16.5. The van der Waals surface area contributed by atoms with Gasteiger partial charge in [-0.05, 0) is 24.3 Å². The molecule has 5 nitrogen and oxygen atoms in total. The molecule has 0 spiro atoms. The third-order valence-electron chi connectivity index (χ3n) is 2.53. The fourth-order valence-corrected chi connectivity index (χ4v) is 1.62. The van der Waals surface area contributed by atoms with Crippen molar-refractivity contribution in [1.29, 1.82) is 0 Å². The quantitative estimate of drug-likeness (QED) is 0.825. The van der Waals surface area contributed by atoms with E-state index in [-0.39, 0.29) is 11.3 Å². The minimum Gasteiger partial charge on any atom is -0.493 e. The molecule has 0 aliphatic carbocycles. The molecule has 2 aromatic rings. The maximum absolute atomic E-state index is 11.1. The van der Waals surface area contributed by atoms with E-state index < -0.39 is 5.97 Å². The number of ether oxygens (including phenoxy) is 2. The normalized spacial score (nSPS) is 9.95. The molecular formula is C14H13NO4. The van der Waals surface area contributed by atoms with E-state index in [1.165, 1.54) is 25.3 Å². The lowest BCUT2D eigenvalue weighted by molar-refractivity contribution is 0.0694. The molecule has 0 bridgehead atoms. The van der Waals surface area contributed by atoms with Crippen molar-refractivity contribution in [2.24, 2.45) is 0 Å². The number of aromatic carboxylic acids is 1. The zero-order chi connectivity index (χ0) is 13.8. The van der Waals surface area contributed by atoms with Crippen molar-refractivity contribution >= 4 is 11.7 Å². The van der Waals surface area contributed by atoms with E-state index >= 15 is 0 Å². The first-order valence-corrected chi connectivity index (χ1v) is 5.55. The van der Waals surface area contributed by atoms with Gasteiger partial charge >= 0.3 is 5.97 Å². The van der Waals surface area contributed by atoms with E-state index in [0.29, 0.717) is 17.2 Å². The SMILES string of the molecule is COc1ccccc1Oc1cc(N)ccc1C(=O)O. The second-order valence-electron chi connectivity index (χ2n) is 3.81. The van der Waals surface area contributed by atoms with E-state index in [1.54, 1.807) is 24.3 Å². The van der Waals surface area contributed by atoms with Crippen LogP contribution in [0.3, 0.4) is 0 Å². The van der Waals surface area contributed by atoms with E-state index in [4.69, 9.17) is 20.3 Å². The molecule has 5 heteroatoms. The van der Waals surface area contributed by atoms with Gasteiger partial charge in [-0.1, -0.05) is 12.1 Å². The number of rotatable bonds is 4. The Morgan fingerprint density at radius 3 is 2.42 bits per heavy atom. The van der Waals surface area contributed by atoms with Gasteiger partial charge < -0.3 is 20.3 Å². The van der Waals surface area contributed by atoms with Gasteiger partial charge in [0.1, 0.15) is 11.3 Å². The molecule has 0 atom stereocenters. The molecular weight excluding hydrogens is 246 g/mol. The van der Waals surface area contributed by atoms with Crippen molar-refractivity contribution in [3.05, 3.63) is 48.0 Å². The Balaban J connectivity index is 2.42. The van der Waals surface area contributed by atoms with E-state index in [2.05, 4.69) is 0 Å². The van der Waals surface area contributed by atoms with Crippen LogP contribution in [-0.2, 0) is 0 Å². The third kappa shape index (κ3) is 2.77. The Morgan fingerprint density at radius 1 is 1.11 bits per heavy atom. The summed E-state index contributed by atoms with van der Waals surface area (Å²) in [5.41, 5.74) is 6.12. The summed E-state index contributed by atoms with van der Waals surface area (Å²) in [7, 11) is 1.51. The molecule has 0 saturated carbocycles. The van der Waals surface area contributed by atoms with Crippen molar-refractivity contribution in [2.75, 3.05) is 12.8 Å². The molecule has 0 fully saturated rings. The number of anilines is 1. The van der Waals surface area contributed by atoms with Crippen LogP contribution in [0.5, 0.6) is 17.2 Å². The number of benzene rings is 2. The Bertz CT molecular complexity index is 610. The minimum atomic E-state index is -1.08. The van der Waals surface area contributed by atoms with Gasteiger partial charge in [0.15, 0.2) is 11.5 Å².